The normalized spacial score (nSPS) is 26.6. The lowest BCUT2D eigenvalue weighted by molar-refractivity contribution is 0.138. The lowest BCUT2D eigenvalue weighted by Crippen LogP contribution is -2.33. The van der Waals surface area contributed by atoms with Crippen molar-refractivity contribution in [2.75, 3.05) is 24.7 Å². The molecule has 3 heterocycles. The lowest BCUT2D eigenvalue weighted by Gasteiger charge is -2.22. The number of nitrogens with one attached hydrogen (secondary N) is 1. The number of ether oxygens (including phenoxy) is 2. The largest absolute Gasteiger partial charge is 0.472 e. The highest BCUT2D eigenvalue weighted by molar-refractivity contribution is 7.99. The molecular formula is C15H22N2O2S. The van der Waals surface area contributed by atoms with Gasteiger partial charge < -0.3 is 14.8 Å². The zero-order valence-corrected chi connectivity index (χ0v) is 12.5. The minimum Gasteiger partial charge on any atom is -0.472 e. The Morgan fingerprint density at radius 1 is 1.45 bits per heavy atom. The van der Waals surface area contributed by atoms with Crippen molar-refractivity contribution in [1.29, 1.82) is 0 Å². The second-order valence-electron chi connectivity index (χ2n) is 5.40. The summed E-state index contributed by atoms with van der Waals surface area (Å²) in [4.78, 5) is 4.29. The summed E-state index contributed by atoms with van der Waals surface area (Å²) in [6, 6.07) is 4.75. The molecule has 2 fully saturated rings. The van der Waals surface area contributed by atoms with Crippen molar-refractivity contribution in [3.63, 3.8) is 0 Å². The van der Waals surface area contributed by atoms with E-state index in [2.05, 4.69) is 16.4 Å². The maximum absolute atomic E-state index is 5.84. The molecule has 110 valence electrons. The van der Waals surface area contributed by atoms with Crippen LogP contribution in [-0.4, -0.2) is 41.8 Å². The third-order valence-electron chi connectivity index (χ3n) is 3.73. The summed E-state index contributed by atoms with van der Waals surface area (Å²) >= 11 is 2.05. The minimum absolute atomic E-state index is 0.167. The molecule has 0 aromatic carbocycles. The third-order valence-corrected chi connectivity index (χ3v) is 4.95. The minimum atomic E-state index is 0.167. The molecule has 0 radical (unpaired) electrons. The van der Waals surface area contributed by atoms with Gasteiger partial charge in [-0.3, -0.25) is 0 Å². The van der Waals surface area contributed by atoms with Crippen LogP contribution in [0.5, 0.6) is 5.88 Å². The quantitative estimate of drug-likeness (QED) is 0.902. The average molecular weight is 294 g/mol. The molecule has 2 saturated heterocycles. The molecule has 0 spiro atoms. The van der Waals surface area contributed by atoms with E-state index in [1.807, 2.05) is 24.0 Å². The molecule has 20 heavy (non-hydrogen) atoms. The third kappa shape index (κ3) is 4.11. The second kappa shape index (κ2) is 7.29. The van der Waals surface area contributed by atoms with Gasteiger partial charge in [0.2, 0.25) is 5.88 Å². The second-order valence-corrected chi connectivity index (χ2v) is 6.55. The number of aromatic nitrogens is 1. The molecule has 3 rings (SSSR count). The number of nitrogens with zero attached hydrogens (tertiary/aromatic N) is 1. The molecule has 1 N–H and O–H groups in total. The molecular weight excluding hydrogens is 272 g/mol. The maximum Gasteiger partial charge on any atom is 0.213 e. The fourth-order valence-electron chi connectivity index (χ4n) is 2.57. The number of rotatable bonds is 5. The summed E-state index contributed by atoms with van der Waals surface area (Å²) in [5.41, 5.74) is 1.24. The Morgan fingerprint density at radius 3 is 3.25 bits per heavy atom. The molecule has 0 saturated carbocycles. The zero-order valence-electron chi connectivity index (χ0n) is 11.7. The van der Waals surface area contributed by atoms with Crippen LogP contribution in [0.2, 0.25) is 0 Å². The van der Waals surface area contributed by atoms with Crippen LogP contribution < -0.4 is 10.1 Å². The van der Waals surface area contributed by atoms with E-state index in [0.717, 1.165) is 25.5 Å². The summed E-state index contributed by atoms with van der Waals surface area (Å²) in [6.07, 6.45) is 5.58. The number of hydrogen-bond acceptors (Lipinski definition) is 5. The monoisotopic (exact) mass is 294 g/mol. The molecule has 1 aromatic rings. The van der Waals surface area contributed by atoms with Crippen LogP contribution in [0, 0.1) is 0 Å². The fraction of sp³-hybridized carbons (Fsp3) is 0.667. The Kier molecular flexibility index (Phi) is 5.17. The van der Waals surface area contributed by atoms with Crippen molar-refractivity contribution in [3.05, 3.63) is 23.9 Å². The Bertz CT molecular complexity index is 418. The maximum atomic E-state index is 5.84. The van der Waals surface area contributed by atoms with Gasteiger partial charge in [-0.05, 0) is 30.2 Å². The van der Waals surface area contributed by atoms with Crippen LogP contribution in [-0.2, 0) is 11.3 Å². The summed E-state index contributed by atoms with van der Waals surface area (Å²) in [7, 11) is 0. The molecule has 0 unspecified atom stereocenters. The van der Waals surface area contributed by atoms with E-state index in [1.165, 1.54) is 29.9 Å². The first kappa shape index (κ1) is 14.2. The molecule has 0 amide bonds. The van der Waals surface area contributed by atoms with E-state index in [9.17, 15) is 0 Å². The van der Waals surface area contributed by atoms with E-state index in [-0.39, 0.29) is 6.10 Å². The van der Waals surface area contributed by atoms with Gasteiger partial charge in [-0.2, -0.15) is 11.8 Å². The van der Waals surface area contributed by atoms with E-state index < -0.39 is 0 Å². The van der Waals surface area contributed by atoms with Gasteiger partial charge >= 0.3 is 0 Å². The molecule has 2 aliphatic heterocycles. The average Bonchev–Trinajstić information content (AvgIpc) is 3.00. The van der Waals surface area contributed by atoms with Crippen molar-refractivity contribution in [2.45, 2.75) is 38.0 Å². The molecule has 4 nitrogen and oxygen atoms in total. The lowest BCUT2D eigenvalue weighted by atomic mass is 10.1. The van der Waals surface area contributed by atoms with Gasteiger partial charge in [0, 0.05) is 37.0 Å². The number of hydrogen-bond donors (Lipinski definition) is 1. The Morgan fingerprint density at radius 2 is 2.45 bits per heavy atom. The first-order valence-electron chi connectivity index (χ1n) is 7.40. The van der Waals surface area contributed by atoms with Crippen LogP contribution in [0.1, 0.15) is 24.8 Å². The molecule has 1 aromatic heterocycles. The molecule has 2 atom stereocenters. The summed E-state index contributed by atoms with van der Waals surface area (Å²) in [6.45, 7) is 2.37. The SMILES string of the molecule is c1cc(CN[C@@H]2CCCSC2)cc(O[C@H]2CCOC2)n1. The molecule has 2 aliphatic rings. The molecule has 5 heteroatoms. The van der Waals surface area contributed by atoms with E-state index in [0.29, 0.717) is 12.6 Å². The van der Waals surface area contributed by atoms with Crippen molar-refractivity contribution in [3.8, 4) is 5.88 Å². The Labute approximate surface area is 124 Å². The van der Waals surface area contributed by atoms with Crippen molar-refractivity contribution < 1.29 is 9.47 Å². The standard InChI is InChI=1S/C15H22N2O2S/c1-2-13(11-20-7-1)17-9-12-3-5-16-15(8-12)19-14-4-6-18-10-14/h3,5,8,13-14,17H,1-2,4,6-7,9-11H2/t13-,14+/m1/s1. The molecule has 0 bridgehead atoms. The van der Waals surface area contributed by atoms with Crippen molar-refractivity contribution in [2.24, 2.45) is 0 Å². The molecule has 0 aliphatic carbocycles. The van der Waals surface area contributed by atoms with Gasteiger partial charge in [-0.1, -0.05) is 0 Å². The topological polar surface area (TPSA) is 43.4 Å². The Hall–Kier alpha value is -0.780. The van der Waals surface area contributed by atoms with E-state index in [1.54, 1.807) is 0 Å². The highest BCUT2D eigenvalue weighted by Gasteiger charge is 2.18. The fourth-order valence-corrected chi connectivity index (χ4v) is 3.67. The van der Waals surface area contributed by atoms with E-state index in [4.69, 9.17) is 9.47 Å². The van der Waals surface area contributed by atoms with Crippen LogP contribution in [0.4, 0.5) is 0 Å². The van der Waals surface area contributed by atoms with Crippen LogP contribution >= 0.6 is 11.8 Å². The van der Waals surface area contributed by atoms with Gasteiger partial charge in [0.25, 0.3) is 0 Å². The van der Waals surface area contributed by atoms with Crippen LogP contribution in [0.3, 0.4) is 0 Å². The highest BCUT2D eigenvalue weighted by atomic mass is 32.2. The number of pyridine rings is 1. The first-order chi connectivity index (χ1) is 9.90. The number of thioether (sulfide) groups is 1. The van der Waals surface area contributed by atoms with Gasteiger partial charge in [-0.25, -0.2) is 4.98 Å². The summed E-state index contributed by atoms with van der Waals surface area (Å²) < 4.78 is 11.2. The van der Waals surface area contributed by atoms with Crippen LogP contribution in [0.25, 0.3) is 0 Å². The smallest absolute Gasteiger partial charge is 0.213 e. The predicted octanol–water partition coefficient (Wildman–Crippen LogP) is 2.23. The van der Waals surface area contributed by atoms with Gasteiger partial charge in [0.15, 0.2) is 0 Å². The van der Waals surface area contributed by atoms with E-state index >= 15 is 0 Å². The zero-order chi connectivity index (χ0) is 13.6. The van der Waals surface area contributed by atoms with Gasteiger partial charge in [0.1, 0.15) is 6.10 Å². The first-order valence-corrected chi connectivity index (χ1v) is 8.56. The highest BCUT2D eigenvalue weighted by Crippen LogP contribution is 2.18. The summed E-state index contributed by atoms with van der Waals surface area (Å²) in [5, 5.41) is 3.63. The van der Waals surface area contributed by atoms with Gasteiger partial charge in [0.05, 0.1) is 13.2 Å². The van der Waals surface area contributed by atoms with Gasteiger partial charge in [-0.15, -0.1) is 0 Å². The van der Waals surface area contributed by atoms with Crippen LogP contribution in [0.15, 0.2) is 18.3 Å². The summed E-state index contributed by atoms with van der Waals surface area (Å²) in [5.74, 6) is 3.26. The van der Waals surface area contributed by atoms with Crippen molar-refractivity contribution >= 4 is 11.8 Å². The predicted molar refractivity (Wildman–Crippen MR) is 81.3 cm³/mol. The Balaban J connectivity index is 1.50. The van der Waals surface area contributed by atoms with Crippen molar-refractivity contribution in [1.82, 2.24) is 10.3 Å².